The number of likely N-dealkylation sites (tertiary alicyclic amines) is 1. The zero-order valence-corrected chi connectivity index (χ0v) is 19.9. The topological polar surface area (TPSA) is 155 Å². The maximum Gasteiger partial charge on any atom is 0.407 e. The van der Waals surface area contributed by atoms with Gasteiger partial charge in [0, 0.05) is 30.8 Å². The molecule has 188 valence electrons. The second-order valence-corrected chi connectivity index (χ2v) is 9.17. The van der Waals surface area contributed by atoms with Crippen LogP contribution in [0.3, 0.4) is 0 Å². The molecule has 1 aliphatic rings. The molecular weight excluding hydrogens is 467 g/mol. The molecule has 0 aliphatic carbocycles. The number of nitrogens with one attached hydrogen (secondary N) is 1. The van der Waals surface area contributed by atoms with E-state index in [1.54, 1.807) is 30.1 Å². The predicted molar refractivity (Wildman–Crippen MR) is 128 cm³/mol. The Kier molecular flexibility index (Phi) is 6.65. The van der Waals surface area contributed by atoms with Crippen molar-refractivity contribution >= 4 is 23.5 Å². The number of carboxylic acid groups (broad SMARTS) is 1. The summed E-state index contributed by atoms with van der Waals surface area (Å²) in [5.41, 5.74) is 5.08. The van der Waals surface area contributed by atoms with Gasteiger partial charge in [0.2, 0.25) is 0 Å². The lowest BCUT2D eigenvalue weighted by molar-refractivity contribution is -0.0130. The first-order valence-electron chi connectivity index (χ1n) is 11.4. The van der Waals surface area contributed by atoms with E-state index in [4.69, 9.17) is 5.73 Å². The Morgan fingerprint density at radius 2 is 2.11 bits per heavy atom. The minimum atomic E-state index is -1.11. The average molecular weight is 495 g/mol. The zero-order valence-electron chi connectivity index (χ0n) is 19.9. The highest BCUT2D eigenvalue weighted by Gasteiger charge is 2.52. The lowest BCUT2D eigenvalue weighted by Gasteiger charge is -2.51. The summed E-state index contributed by atoms with van der Waals surface area (Å²) in [4.78, 5) is 25.9. The minimum absolute atomic E-state index is 0.0611. The fourth-order valence-corrected chi connectivity index (χ4v) is 5.13. The van der Waals surface area contributed by atoms with Gasteiger partial charge >= 0.3 is 6.09 Å². The molecule has 3 aromatic rings. The fraction of sp³-hybridized carbons (Fsp3) is 0.375. The number of rotatable bonds is 7. The average Bonchev–Trinajstić information content (AvgIpc) is 3.50. The summed E-state index contributed by atoms with van der Waals surface area (Å²) >= 11 is 0. The van der Waals surface area contributed by atoms with Crippen LogP contribution in [0, 0.1) is 23.1 Å². The summed E-state index contributed by atoms with van der Waals surface area (Å²) in [7, 11) is 0. The molecule has 1 saturated heterocycles. The van der Waals surface area contributed by atoms with Gasteiger partial charge in [-0.25, -0.2) is 9.18 Å². The summed E-state index contributed by atoms with van der Waals surface area (Å²) in [6, 6.07) is 8.65. The molecule has 11 nitrogen and oxygen atoms in total. The molecule has 1 aliphatic heterocycles. The van der Waals surface area contributed by atoms with Crippen LogP contribution >= 0.6 is 0 Å². The highest BCUT2D eigenvalue weighted by atomic mass is 19.1. The molecule has 0 bridgehead atoms. The number of nitriles is 1. The Bertz CT molecular complexity index is 1280. The molecular formula is C24H27FN8O3. The first-order valence-corrected chi connectivity index (χ1v) is 11.4. The lowest BCUT2D eigenvalue weighted by atomic mass is 9.73. The van der Waals surface area contributed by atoms with Crippen molar-refractivity contribution in [2.24, 2.45) is 11.7 Å². The monoisotopic (exact) mass is 494 g/mol. The van der Waals surface area contributed by atoms with Gasteiger partial charge in [-0.2, -0.15) is 15.5 Å². The third-order valence-electron chi connectivity index (χ3n) is 6.77. The minimum Gasteiger partial charge on any atom is -0.465 e. The van der Waals surface area contributed by atoms with Gasteiger partial charge in [0.25, 0.3) is 5.91 Å². The highest BCUT2D eigenvalue weighted by Crippen LogP contribution is 2.45. The Morgan fingerprint density at radius 3 is 2.69 bits per heavy atom. The number of amides is 2. The van der Waals surface area contributed by atoms with E-state index in [0.717, 1.165) is 0 Å². The van der Waals surface area contributed by atoms with Crippen LogP contribution in [0.2, 0.25) is 0 Å². The standard InChI is InChI=1S/C24H27FN8O3/c1-15(32-10-3-9-28-32)12-24(2)20(16(13-26)8-11-31(24)23(35)36)33-14-19(21(27)34)22(30-33)29-18-6-4-17(25)5-7-18/h3-7,9-10,14-16,20H,8,11-12H2,1-2H3,(H2,27,34)(H,29,30)(H,35,36). The van der Waals surface area contributed by atoms with Crippen LogP contribution in [0.15, 0.2) is 48.9 Å². The van der Waals surface area contributed by atoms with Crippen molar-refractivity contribution in [2.45, 2.75) is 44.3 Å². The molecule has 1 aromatic carbocycles. The number of primary amides is 1. The van der Waals surface area contributed by atoms with Crippen molar-refractivity contribution in [3.8, 4) is 6.07 Å². The Balaban J connectivity index is 1.79. The van der Waals surface area contributed by atoms with Gasteiger partial charge in [0.15, 0.2) is 5.82 Å². The molecule has 3 heterocycles. The number of hydrogen-bond acceptors (Lipinski definition) is 6. The number of piperidine rings is 1. The SMILES string of the molecule is CC(CC1(C)C(n2cc(C(N)=O)c(Nc3ccc(F)cc3)n2)C(C#N)CCN1C(=O)O)n1cccn1. The van der Waals surface area contributed by atoms with Gasteiger partial charge in [-0.3, -0.25) is 14.2 Å². The molecule has 1 fully saturated rings. The number of aromatic nitrogens is 4. The van der Waals surface area contributed by atoms with Crippen LogP contribution in [0.1, 0.15) is 49.1 Å². The summed E-state index contributed by atoms with van der Waals surface area (Å²) in [6.45, 7) is 3.88. The molecule has 4 unspecified atom stereocenters. The van der Waals surface area contributed by atoms with Crippen molar-refractivity contribution in [3.05, 3.63) is 60.3 Å². The highest BCUT2D eigenvalue weighted by molar-refractivity contribution is 5.98. The fourth-order valence-electron chi connectivity index (χ4n) is 5.13. The molecule has 4 atom stereocenters. The third kappa shape index (κ3) is 4.59. The Labute approximate surface area is 206 Å². The molecule has 4 rings (SSSR count). The largest absolute Gasteiger partial charge is 0.465 e. The van der Waals surface area contributed by atoms with E-state index in [9.17, 15) is 24.3 Å². The lowest BCUT2D eigenvalue weighted by Crippen LogP contribution is -2.61. The first kappa shape index (κ1) is 24.7. The number of halogens is 1. The van der Waals surface area contributed by atoms with Crippen molar-refractivity contribution in [1.82, 2.24) is 24.5 Å². The van der Waals surface area contributed by atoms with Crippen molar-refractivity contribution in [2.75, 3.05) is 11.9 Å². The van der Waals surface area contributed by atoms with Gasteiger partial charge in [-0.15, -0.1) is 0 Å². The van der Waals surface area contributed by atoms with E-state index < -0.39 is 35.3 Å². The predicted octanol–water partition coefficient (Wildman–Crippen LogP) is 3.54. The van der Waals surface area contributed by atoms with E-state index in [-0.39, 0.29) is 24.0 Å². The molecule has 12 heteroatoms. The zero-order chi connectivity index (χ0) is 26.0. The molecule has 2 amide bonds. The summed E-state index contributed by atoms with van der Waals surface area (Å²) in [5, 5.41) is 31.9. The normalized spacial score (nSPS) is 22.6. The summed E-state index contributed by atoms with van der Waals surface area (Å²) < 4.78 is 16.5. The number of carbonyl (C=O) groups excluding carboxylic acids is 1. The quantitative estimate of drug-likeness (QED) is 0.454. The number of anilines is 2. The van der Waals surface area contributed by atoms with Crippen molar-refractivity contribution in [3.63, 3.8) is 0 Å². The van der Waals surface area contributed by atoms with Crippen LogP contribution in [0.25, 0.3) is 0 Å². The molecule has 4 N–H and O–H groups in total. The van der Waals surface area contributed by atoms with Crippen LogP contribution in [-0.2, 0) is 0 Å². The molecule has 0 saturated carbocycles. The number of nitrogens with zero attached hydrogens (tertiary/aromatic N) is 6. The first-order chi connectivity index (χ1) is 17.1. The van der Waals surface area contributed by atoms with Crippen LogP contribution in [0.5, 0.6) is 0 Å². The van der Waals surface area contributed by atoms with E-state index in [0.29, 0.717) is 18.5 Å². The van der Waals surface area contributed by atoms with E-state index in [2.05, 4.69) is 21.6 Å². The Morgan fingerprint density at radius 1 is 1.39 bits per heavy atom. The van der Waals surface area contributed by atoms with Crippen molar-refractivity contribution < 1.29 is 19.1 Å². The van der Waals surface area contributed by atoms with E-state index in [1.165, 1.54) is 40.0 Å². The van der Waals surface area contributed by atoms with Gasteiger partial charge < -0.3 is 21.1 Å². The number of benzene rings is 1. The third-order valence-corrected chi connectivity index (χ3v) is 6.77. The smallest absolute Gasteiger partial charge is 0.407 e. The molecule has 0 radical (unpaired) electrons. The van der Waals surface area contributed by atoms with Crippen LogP contribution < -0.4 is 11.1 Å². The number of hydrogen-bond donors (Lipinski definition) is 3. The van der Waals surface area contributed by atoms with Gasteiger partial charge in [0.1, 0.15) is 11.4 Å². The van der Waals surface area contributed by atoms with Gasteiger partial charge in [-0.05, 0) is 57.0 Å². The maximum absolute atomic E-state index is 13.3. The van der Waals surface area contributed by atoms with Crippen LogP contribution in [0.4, 0.5) is 20.7 Å². The molecule has 0 spiro atoms. The van der Waals surface area contributed by atoms with Gasteiger partial charge in [0.05, 0.1) is 29.6 Å². The number of nitrogens with two attached hydrogens (primary N) is 1. The second-order valence-electron chi connectivity index (χ2n) is 9.17. The van der Waals surface area contributed by atoms with Crippen molar-refractivity contribution in [1.29, 1.82) is 5.26 Å². The number of carbonyl (C=O) groups is 2. The summed E-state index contributed by atoms with van der Waals surface area (Å²) in [6.07, 6.45) is 4.39. The van der Waals surface area contributed by atoms with E-state index >= 15 is 0 Å². The van der Waals surface area contributed by atoms with Crippen LogP contribution in [-0.4, -0.2) is 53.7 Å². The second kappa shape index (κ2) is 9.69. The van der Waals surface area contributed by atoms with E-state index in [1.807, 2.05) is 6.92 Å². The Hall–Kier alpha value is -4.40. The molecule has 36 heavy (non-hydrogen) atoms. The van der Waals surface area contributed by atoms with Gasteiger partial charge in [-0.1, -0.05) is 0 Å². The summed E-state index contributed by atoms with van der Waals surface area (Å²) in [5.74, 6) is -1.64. The molecule has 2 aromatic heterocycles. The maximum atomic E-state index is 13.3.